The molecule has 2 N–H and O–H groups in total. The summed E-state index contributed by atoms with van der Waals surface area (Å²) >= 11 is 0. The second-order valence-corrected chi connectivity index (χ2v) is 7.86. The molecule has 0 aliphatic heterocycles. The molecule has 1 aliphatic rings. The van der Waals surface area contributed by atoms with Crippen molar-refractivity contribution in [1.82, 2.24) is 45.1 Å². The normalized spacial score (nSPS) is 17.7. The molecule has 1 fully saturated rings. The number of halogens is 3. The minimum atomic E-state index is -4.65. The lowest BCUT2D eigenvalue weighted by molar-refractivity contribution is -0.212. The number of amides is 1. The third-order valence-corrected chi connectivity index (χ3v) is 5.55. The molecule has 3 heterocycles. The largest absolute Gasteiger partial charge is 0.504 e. The van der Waals surface area contributed by atoms with Crippen LogP contribution in [0.3, 0.4) is 0 Å². The van der Waals surface area contributed by atoms with E-state index in [0.717, 1.165) is 6.20 Å². The van der Waals surface area contributed by atoms with Crippen molar-refractivity contribution in [3.8, 4) is 17.1 Å². The Balaban J connectivity index is 1.28. The van der Waals surface area contributed by atoms with Crippen LogP contribution < -0.4 is 5.32 Å². The summed E-state index contributed by atoms with van der Waals surface area (Å²) in [5.74, 6) is -1.53. The first kappa shape index (κ1) is 22.2. The molecule has 1 aromatic carbocycles. The monoisotopic (exact) mass is 487 g/mol. The van der Waals surface area contributed by atoms with Gasteiger partial charge in [0, 0.05) is 12.2 Å². The Labute approximate surface area is 194 Å². The van der Waals surface area contributed by atoms with E-state index >= 15 is 0 Å². The molecule has 0 spiro atoms. The van der Waals surface area contributed by atoms with Crippen LogP contribution >= 0.6 is 0 Å². The Hall–Kier alpha value is -4.56. The van der Waals surface area contributed by atoms with E-state index in [1.165, 1.54) is 27.8 Å². The Kier molecular flexibility index (Phi) is 5.30. The highest BCUT2D eigenvalue weighted by Gasteiger charge is 2.34. The summed E-state index contributed by atoms with van der Waals surface area (Å²) in [6.45, 7) is 0. The van der Waals surface area contributed by atoms with E-state index in [0.29, 0.717) is 24.1 Å². The summed E-state index contributed by atoms with van der Waals surface area (Å²) in [4.78, 5) is 23.9. The van der Waals surface area contributed by atoms with Gasteiger partial charge in [-0.3, -0.25) is 4.79 Å². The Morgan fingerprint density at radius 1 is 1.03 bits per heavy atom. The molecule has 1 saturated carbocycles. The number of carboxylic acid groups (broad SMARTS) is 1. The van der Waals surface area contributed by atoms with Gasteiger partial charge in [-0.15, -0.1) is 23.4 Å². The number of nitrogens with one attached hydrogen (secondary N) is 1. The number of carbonyl (C=O) groups is 2. The van der Waals surface area contributed by atoms with Gasteiger partial charge in [0.05, 0.1) is 29.7 Å². The van der Waals surface area contributed by atoms with Crippen molar-refractivity contribution in [3.63, 3.8) is 0 Å². The fourth-order valence-corrected chi connectivity index (χ4v) is 3.70. The number of benzene rings is 1. The Bertz CT molecular complexity index is 1400. The van der Waals surface area contributed by atoms with Crippen molar-refractivity contribution in [2.24, 2.45) is 0 Å². The van der Waals surface area contributed by atoms with Crippen LogP contribution in [0, 0.1) is 0 Å². The second kappa shape index (κ2) is 8.34. The number of para-hydroxylation sites is 1. The fourth-order valence-electron chi connectivity index (χ4n) is 3.70. The number of hydrogen-bond donors (Lipinski definition) is 2. The maximum absolute atomic E-state index is 12.9. The van der Waals surface area contributed by atoms with Gasteiger partial charge in [-0.25, -0.2) is 14.2 Å². The minimum Gasteiger partial charge on any atom is -0.476 e. The van der Waals surface area contributed by atoms with Crippen LogP contribution in [0.1, 0.15) is 39.7 Å². The van der Waals surface area contributed by atoms with Crippen LogP contribution in [0.5, 0.6) is 0 Å². The number of aromatic carboxylic acids is 1. The van der Waals surface area contributed by atoms with E-state index in [4.69, 9.17) is 5.11 Å². The first-order valence-corrected chi connectivity index (χ1v) is 10.3. The lowest BCUT2D eigenvalue weighted by Gasteiger charge is -2.35. The topological polar surface area (TPSA) is 146 Å². The lowest BCUT2D eigenvalue weighted by atomic mass is 9.86. The number of alkyl halides is 3. The van der Waals surface area contributed by atoms with Gasteiger partial charge in [0.15, 0.2) is 5.69 Å². The van der Waals surface area contributed by atoms with E-state index in [-0.39, 0.29) is 39.8 Å². The molecule has 15 heteroatoms. The predicted octanol–water partition coefficient (Wildman–Crippen LogP) is 2.03. The van der Waals surface area contributed by atoms with Gasteiger partial charge in [-0.05, 0) is 31.0 Å². The van der Waals surface area contributed by atoms with Gasteiger partial charge in [-0.1, -0.05) is 22.6 Å². The van der Waals surface area contributed by atoms with Crippen molar-refractivity contribution in [1.29, 1.82) is 0 Å². The van der Waals surface area contributed by atoms with Gasteiger partial charge < -0.3 is 10.4 Å². The zero-order valence-electron chi connectivity index (χ0n) is 17.7. The molecule has 0 saturated heterocycles. The lowest BCUT2D eigenvalue weighted by Crippen LogP contribution is -2.45. The van der Waals surface area contributed by atoms with Crippen LogP contribution in [-0.2, 0) is 6.30 Å². The summed E-state index contributed by atoms with van der Waals surface area (Å²) < 4.78 is 41.0. The minimum absolute atomic E-state index is 0.0183. The molecule has 35 heavy (non-hydrogen) atoms. The Morgan fingerprint density at radius 3 is 2.49 bits per heavy atom. The SMILES string of the molecule is O=C(O)c1cn(C2CC(NC(=O)c3ccccc3-n3cc(-c4ccn(C(F)(F)F)n4)nn3)C2)nn1. The van der Waals surface area contributed by atoms with E-state index in [1.807, 2.05) is 0 Å². The summed E-state index contributed by atoms with van der Waals surface area (Å²) in [7, 11) is 0. The summed E-state index contributed by atoms with van der Waals surface area (Å²) in [5, 5.41) is 30.6. The van der Waals surface area contributed by atoms with E-state index < -0.39 is 12.3 Å². The number of hydrogen-bond acceptors (Lipinski definition) is 7. The predicted molar refractivity (Wildman–Crippen MR) is 110 cm³/mol. The molecule has 5 rings (SSSR count). The molecule has 180 valence electrons. The average molecular weight is 487 g/mol. The van der Waals surface area contributed by atoms with Crippen molar-refractivity contribution >= 4 is 11.9 Å². The van der Waals surface area contributed by atoms with Gasteiger partial charge in [0.25, 0.3) is 5.91 Å². The van der Waals surface area contributed by atoms with Gasteiger partial charge in [-0.2, -0.15) is 9.78 Å². The van der Waals surface area contributed by atoms with Crippen molar-refractivity contribution in [2.75, 3.05) is 0 Å². The molecule has 3 aromatic heterocycles. The van der Waals surface area contributed by atoms with Crippen molar-refractivity contribution in [3.05, 3.63) is 60.2 Å². The van der Waals surface area contributed by atoms with Crippen LogP contribution in [0.2, 0.25) is 0 Å². The van der Waals surface area contributed by atoms with E-state index in [9.17, 15) is 22.8 Å². The summed E-state index contributed by atoms with van der Waals surface area (Å²) in [5.41, 5.74) is 0.622. The van der Waals surface area contributed by atoms with Crippen molar-refractivity contribution in [2.45, 2.75) is 31.2 Å². The zero-order valence-corrected chi connectivity index (χ0v) is 17.7. The van der Waals surface area contributed by atoms with Crippen molar-refractivity contribution < 1.29 is 27.9 Å². The number of carboxylic acids is 1. The van der Waals surface area contributed by atoms with Crippen LogP contribution in [0.15, 0.2) is 48.9 Å². The highest BCUT2D eigenvalue weighted by Crippen LogP contribution is 2.32. The summed E-state index contributed by atoms with van der Waals surface area (Å²) in [6, 6.07) is 7.53. The van der Waals surface area contributed by atoms with Crippen LogP contribution in [0.4, 0.5) is 13.2 Å². The maximum atomic E-state index is 12.9. The third kappa shape index (κ3) is 4.34. The highest BCUT2D eigenvalue weighted by atomic mass is 19.4. The van der Waals surface area contributed by atoms with Gasteiger partial charge >= 0.3 is 12.3 Å². The number of carbonyl (C=O) groups excluding carboxylic acids is 1. The molecule has 4 aromatic rings. The summed E-state index contributed by atoms with van der Waals surface area (Å²) in [6.07, 6.45) is -0.0353. The van der Waals surface area contributed by atoms with Crippen LogP contribution in [-0.4, -0.2) is 62.8 Å². The Morgan fingerprint density at radius 2 is 1.80 bits per heavy atom. The van der Waals surface area contributed by atoms with Gasteiger partial charge in [0.2, 0.25) is 0 Å². The highest BCUT2D eigenvalue weighted by molar-refractivity contribution is 5.98. The first-order chi connectivity index (χ1) is 16.7. The molecule has 1 aliphatic carbocycles. The molecule has 12 nitrogen and oxygen atoms in total. The molecule has 0 bridgehead atoms. The molecule has 0 atom stereocenters. The van der Waals surface area contributed by atoms with E-state index in [2.05, 4.69) is 31.0 Å². The average Bonchev–Trinajstić information content (AvgIpc) is 3.55. The second-order valence-electron chi connectivity index (χ2n) is 7.86. The zero-order chi connectivity index (χ0) is 24.7. The fraction of sp³-hybridized carbons (Fsp3) is 0.250. The number of nitrogens with zero attached hydrogens (tertiary/aromatic N) is 8. The standard InChI is InChI=1S/C20H16F3N9O3/c21-20(22,23)32-6-5-14(27-32)15-9-31(29-25-15)17-4-2-1-3-13(17)18(33)24-11-7-12(8-11)30-10-16(19(34)35)26-28-30/h1-6,9-12H,7-8H2,(H,24,33)(H,34,35). The third-order valence-electron chi connectivity index (χ3n) is 5.55. The first-order valence-electron chi connectivity index (χ1n) is 10.3. The van der Waals surface area contributed by atoms with E-state index in [1.54, 1.807) is 24.3 Å². The smallest absolute Gasteiger partial charge is 0.476 e. The number of aromatic nitrogens is 8. The molecular formula is C20H16F3N9O3. The molecule has 1 amide bonds. The molecule has 0 unspecified atom stereocenters. The molecular weight excluding hydrogens is 471 g/mol. The quantitative estimate of drug-likeness (QED) is 0.420. The molecule has 0 radical (unpaired) electrons. The van der Waals surface area contributed by atoms with Gasteiger partial charge in [0.1, 0.15) is 11.4 Å². The maximum Gasteiger partial charge on any atom is 0.504 e. The number of rotatable bonds is 6. The van der Waals surface area contributed by atoms with Crippen LogP contribution in [0.25, 0.3) is 17.1 Å².